The fourth-order valence-corrected chi connectivity index (χ4v) is 2.79. The fraction of sp³-hybridized carbons (Fsp3) is 0.211. The minimum absolute atomic E-state index is 0.165. The lowest BCUT2D eigenvalue weighted by atomic mass is 10.0. The van der Waals surface area contributed by atoms with Crippen molar-refractivity contribution >= 4 is 5.91 Å². The van der Waals surface area contributed by atoms with Gasteiger partial charge in [0.05, 0.1) is 0 Å². The average molecular weight is 353 g/mol. The highest BCUT2D eigenvalue weighted by atomic mass is 19.1. The second kappa shape index (κ2) is 7.88. The Hall–Kier alpha value is -3.06. The van der Waals surface area contributed by atoms with E-state index in [1.807, 2.05) is 26.2 Å². The molecule has 1 unspecified atom stereocenters. The van der Waals surface area contributed by atoms with Crippen LogP contribution in [0.5, 0.6) is 0 Å². The Bertz CT molecular complexity index is 862. The van der Waals surface area contributed by atoms with Crippen molar-refractivity contribution < 1.29 is 9.18 Å². The zero-order valence-corrected chi connectivity index (χ0v) is 14.6. The van der Waals surface area contributed by atoms with Crippen molar-refractivity contribution in [2.75, 3.05) is 14.1 Å². The molecule has 0 saturated heterocycles. The molecule has 6 nitrogen and oxygen atoms in total. The first-order valence-electron chi connectivity index (χ1n) is 8.18. The lowest BCUT2D eigenvalue weighted by Gasteiger charge is -2.24. The molecule has 1 atom stereocenters. The second-order valence-corrected chi connectivity index (χ2v) is 6.09. The Balaban J connectivity index is 1.76. The van der Waals surface area contributed by atoms with Crippen molar-refractivity contribution in [2.45, 2.75) is 12.6 Å². The van der Waals surface area contributed by atoms with Crippen LogP contribution in [-0.4, -0.2) is 39.4 Å². The van der Waals surface area contributed by atoms with Crippen molar-refractivity contribution in [3.63, 3.8) is 0 Å². The van der Waals surface area contributed by atoms with Crippen molar-refractivity contribution in [3.8, 4) is 5.82 Å². The number of likely N-dealkylation sites (N-methyl/N-ethyl adjacent to an activating group) is 1. The third kappa shape index (κ3) is 3.94. The van der Waals surface area contributed by atoms with Gasteiger partial charge in [-0.15, -0.1) is 0 Å². The Kier molecular flexibility index (Phi) is 5.38. The van der Waals surface area contributed by atoms with E-state index in [4.69, 9.17) is 0 Å². The summed E-state index contributed by atoms with van der Waals surface area (Å²) in [5.41, 5.74) is 1.60. The average Bonchev–Trinajstić information content (AvgIpc) is 3.16. The molecular weight excluding hydrogens is 333 g/mol. The lowest BCUT2D eigenvalue weighted by Crippen LogP contribution is -2.36. The molecule has 1 N–H and O–H groups in total. The molecule has 0 aliphatic rings. The number of halogens is 1. The predicted octanol–water partition coefficient (Wildman–Crippen LogP) is 2.33. The van der Waals surface area contributed by atoms with Crippen LogP contribution in [0.15, 0.2) is 61.3 Å². The Morgan fingerprint density at radius 3 is 2.65 bits per heavy atom. The van der Waals surface area contributed by atoms with Crippen LogP contribution >= 0.6 is 0 Å². The number of amides is 1. The Labute approximate surface area is 151 Å². The summed E-state index contributed by atoms with van der Waals surface area (Å²) in [6, 6.07) is 9.19. The van der Waals surface area contributed by atoms with Crippen LogP contribution in [0.4, 0.5) is 4.39 Å². The van der Waals surface area contributed by atoms with Crippen LogP contribution in [0.1, 0.15) is 17.2 Å². The number of nitrogens with zero attached hydrogens (tertiary/aromatic N) is 4. The van der Waals surface area contributed by atoms with E-state index in [2.05, 4.69) is 15.3 Å². The third-order valence-electron chi connectivity index (χ3n) is 4.02. The summed E-state index contributed by atoms with van der Waals surface area (Å²) in [7, 11) is 3.63. The SMILES string of the molecule is CN(C)C(C(=O)NCc1cccnc1-n1ccnc1)c1ccc(F)cc1. The second-order valence-electron chi connectivity index (χ2n) is 6.09. The van der Waals surface area contributed by atoms with Gasteiger partial charge in [0.2, 0.25) is 5.91 Å². The zero-order chi connectivity index (χ0) is 18.5. The number of pyridine rings is 1. The molecule has 2 heterocycles. The molecule has 1 aromatic carbocycles. The highest BCUT2D eigenvalue weighted by molar-refractivity contribution is 5.83. The van der Waals surface area contributed by atoms with Crippen LogP contribution in [0.25, 0.3) is 5.82 Å². The molecule has 0 spiro atoms. The largest absolute Gasteiger partial charge is 0.350 e. The molecule has 1 amide bonds. The van der Waals surface area contributed by atoms with Crippen LogP contribution < -0.4 is 5.32 Å². The van der Waals surface area contributed by atoms with Gasteiger partial charge in [-0.2, -0.15) is 0 Å². The van der Waals surface area contributed by atoms with E-state index >= 15 is 0 Å². The maximum Gasteiger partial charge on any atom is 0.242 e. The summed E-state index contributed by atoms with van der Waals surface area (Å²) in [6.45, 7) is 0.325. The molecule has 26 heavy (non-hydrogen) atoms. The van der Waals surface area contributed by atoms with Gasteiger partial charge in [0.1, 0.15) is 24.0 Å². The van der Waals surface area contributed by atoms with Crippen LogP contribution in [0, 0.1) is 5.82 Å². The molecule has 7 heteroatoms. The van der Waals surface area contributed by atoms with Gasteiger partial charge in [-0.1, -0.05) is 18.2 Å². The number of nitrogens with one attached hydrogen (secondary N) is 1. The summed E-state index contributed by atoms with van der Waals surface area (Å²) in [4.78, 5) is 22.9. The monoisotopic (exact) mass is 353 g/mol. The van der Waals surface area contributed by atoms with Crippen LogP contribution in [-0.2, 0) is 11.3 Å². The fourth-order valence-electron chi connectivity index (χ4n) is 2.79. The summed E-state index contributed by atoms with van der Waals surface area (Å²) in [5, 5.41) is 2.95. The Morgan fingerprint density at radius 2 is 2.00 bits per heavy atom. The van der Waals surface area contributed by atoms with Gasteiger partial charge in [-0.05, 0) is 37.9 Å². The maximum atomic E-state index is 13.2. The van der Waals surface area contributed by atoms with Crippen molar-refractivity contribution in [3.05, 3.63) is 78.3 Å². The van der Waals surface area contributed by atoms with Gasteiger partial charge in [0, 0.05) is 30.7 Å². The van der Waals surface area contributed by atoms with Gasteiger partial charge in [0.15, 0.2) is 0 Å². The van der Waals surface area contributed by atoms with E-state index in [9.17, 15) is 9.18 Å². The summed E-state index contributed by atoms with van der Waals surface area (Å²) in [5.74, 6) is 0.225. The number of hydrogen-bond donors (Lipinski definition) is 1. The van der Waals surface area contributed by atoms with Gasteiger partial charge in [-0.25, -0.2) is 14.4 Å². The molecular formula is C19H20FN5O. The highest BCUT2D eigenvalue weighted by Crippen LogP contribution is 2.19. The third-order valence-corrected chi connectivity index (χ3v) is 4.02. The number of aromatic nitrogens is 3. The standard InChI is InChI=1S/C19H20FN5O/c1-24(2)17(14-5-7-16(20)8-6-14)19(26)23-12-15-4-3-9-22-18(15)25-11-10-21-13-25/h3-11,13,17H,12H2,1-2H3,(H,23,26). The molecule has 0 radical (unpaired) electrons. The van der Waals surface area contributed by atoms with Crippen molar-refractivity contribution in [1.82, 2.24) is 24.8 Å². The minimum atomic E-state index is -0.510. The highest BCUT2D eigenvalue weighted by Gasteiger charge is 2.23. The van der Waals surface area contributed by atoms with Crippen molar-refractivity contribution in [2.24, 2.45) is 0 Å². The van der Waals surface area contributed by atoms with E-state index in [0.29, 0.717) is 12.4 Å². The van der Waals surface area contributed by atoms with Crippen molar-refractivity contribution in [1.29, 1.82) is 0 Å². The van der Waals surface area contributed by atoms with E-state index in [-0.39, 0.29) is 11.7 Å². The van der Waals surface area contributed by atoms with E-state index in [0.717, 1.165) is 11.1 Å². The van der Waals surface area contributed by atoms with Gasteiger partial charge in [0.25, 0.3) is 0 Å². The number of benzene rings is 1. The molecule has 3 rings (SSSR count). The number of hydrogen-bond acceptors (Lipinski definition) is 4. The predicted molar refractivity (Wildman–Crippen MR) is 96.0 cm³/mol. The molecule has 3 aromatic rings. The summed E-state index contributed by atoms with van der Waals surface area (Å²) in [6.07, 6.45) is 6.83. The van der Waals surface area contributed by atoms with Gasteiger partial charge < -0.3 is 5.32 Å². The molecule has 0 aliphatic heterocycles. The van der Waals surface area contributed by atoms with Crippen LogP contribution in [0.3, 0.4) is 0 Å². The molecule has 0 aliphatic carbocycles. The van der Waals surface area contributed by atoms with Crippen LogP contribution in [0.2, 0.25) is 0 Å². The molecule has 0 fully saturated rings. The topological polar surface area (TPSA) is 63.1 Å². The maximum absolute atomic E-state index is 13.2. The quantitative estimate of drug-likeness (QED) is 0.739. The number of imidazole rings is 1. The smallest absolute Gasteiger partial charge is 0.242 e. The molecule has 134 valence electrons. The van der Waals surface area contributed by atoms with E-state index < -0.39 is 6.04 Å². The first kappa shape index (κ1) is 17.8. The van der Waals surface area contributed by atoms with Gasteiger partial charge in [-0.3, -0.25) is 14.3 Å². The van der Waals surface area contributed by atoms with Gasteiger partial charge >= 0.3 is 0 Å². The summed E-state index contributed by atoms with van der Waals surface area (Å²) < 4.78 is 15.0. The molecule has 0 bridgehead atoms. The number of rotatable bonds is 6. The minimum Gasteiger partial charge on any atom is -0.350 e. The summed E-state index contributed by atoms with van der Waals surface area (Å²) >= 11 is 0. The first-order valence-corrected chi connectivity index (χ1v) is 8.18. The number of carbonyl (C=O) groups excluding carboxylic acids is 1. The molecule has 2 aromatic heterocycles. The Morgan fingerprint density at radius 1 is 1.23 bits per heavy atom. The zero-order valence-electron chi connectivity index (χ0n) is 14.6. The van der Waals surface area contributed by atoms with E-state index in [1.165, 1.54) is 12.1 Å². The number of carbonyl (C=O) groups is 1. The molecule has 0 saturated carbocycles. The normalized spacial score (nSPS) is 12.2. The lowest BCUT2D eigenvalue weighted by molar-refractivity contribution is -0.125. The van der Waals surface area contributed by atoms with E-state index in [1.54, 1.807) is 46.5 Å². The first-order chi connectivity index (χ1) is 12.6.